The standard InChI is InChI=1S/C16H17N3OS/c20-14(12-8-10-2-1-6-17-15(10)21-12)18-13-11-3-7-19(9-11)16(13)4-5-16/h1-2,6,8,11,13H,3-5,7,9H2,(H,18,20)/t11?,13-/m0/s1. The maximum Gasteiger partial charge on any atom is 0.261 e. The van der Waals surface area contributed by atoms with Crippen molar-refractivity contribution in [2.24, 2.45) is 5.92 Å². The Labute approximate surface area is 127 Å². The lowest BCUT2D eigenvalue weighted by molar-refractivity contribution is 0.0896. The third-order valence-corrected chi connectivity index (χ3v) is 6.53. The molecule has 2 bridgehead atoms. The van der Waals surface area contributed by atoms with E-state index in [1.165, 1.54) is 43.7 Å². The number of thiophene rings is 1. The summed E-state index contributed by atoms with van der Waals surface area (Å²) >= 11 is 1.49. The molecule has 108 valence electrons. The highest BCUT2D eigenvalue weighted by Crippen LogP contribution is 2.55. The summed E-state index contributed by atoms with van der Waals surface area (Å²) < 4.78 is 0. The Hall–Kier alpha value is -1.46. The van der Waals surface area contributed by atoms with E-state index >= 15 is 0 Å². The normalized spacial score (nSPS) is 31.9. The van der Waals surface area contributed by atoms with Crippen molar-refractivity contribution in [3.05, 3.63) is 29.3 Å². The molecule has 0 aromatic carbocycles. The van der Waals surface area contributed by atoms with Crippen LogP contribution in [0.1, 0.15) is 28.9 Å². The van der Waals surface area contributed by atoms with Gasteiger partial charge >= 0.3 is 0 Å². The van der Waals surface area contributed by atoms with Crippen molar-refractivity contribution in [3.63, 3.8) is 0 Å². The molecule has 4 heterocycles. The number of amides is 1. The van der Waals surface area contributed by atoms with E-state index in [9.17, 15) is 4.79 Å². The number of carbonyl (C=O) groups is 1. The van der Waals surface area contributed by atoms with Gasteiger partial charge in [-0.2, -0.15) is 0 Å². The zero-order chi connectivity index (χ0) is 14.0. The number of piperidine rings is 1. The molecule has 4 nitrogen and oxygen atoms in total. The van der Waals surface area contributed by atoms with E-state index in [-0.39, 0.29) is 5.91 Å². The molecule has 2 unspecified atom stereocenters. The number of pyridine rings is 1. The molecule has 1 amide bonds. The second kappa shape index (κ2) is 4.05. The first-order valence-corrected chi connectivity index (χ1v) is 8.48. The fourth-order valence-corrected chi connectivity index (χ4v) is 5.21. The highest BCUT2D eigenvalue weighted by Gasteiger charge is 2.63. The Bertz CT molecular complexity index is 703. The van der Waals surface area contributed by atoms with Gasteiger partial charge in [0.15, 0.2) is 0 Å². The lowest BCUT2D eigenvalue weighted by Gasteiger charge is -2.33. The number of aromatic nitrogens is 1. The molecule has 1 saturated carbocycles. The van der Waals surface area contributed by atoms with Crippen molar-refractivity contribution in [2.45, 2.75) is 30.8 Å². The quantitative estimate of drug-likeness (QED) is 0.925. The van der Waals surface area contributed by atoms with Gasteiger partial charge in [0.1, 0.15) is 4.83 Å². The van der Waals surface area contributed by atoms with E-state index in [4.69, 9.17) is 0 Å². The van der Waals surface area contributed by atoms with Crippen LogP contribution in [0.4, 0.5) is 0 Å². The highest BCUT2D eigenvalue weighted by atomic mass is 32.1. The van der Waals surface area contributed by atoms with E-state index in [1.54, 1.807) is 6.20 Å². The van der Waals surface area contributed by atoms with Crippen LogP contribution in [0.25, 0.3) is 10.2 Å². The molecule has 0 radical (unpaired) electrons. The summed E-state index contributed by atoms with van der Waals surface area (Å²) in [4.78, 5) is 21.3. The number of hydrogen-bond donors (Lipinski definition) is 1. The second-order valence-corrected chi connectivity index (χ2v) is 7.59. The van der Waals surface area contributed by atoms with Gasteiger partial charge in [-0.25, -0.2) is 4.98 Å². The van der Waals surface area contributed by atoms with Crippen LogP contribution in [0.3, 0.4) is 0 Å². The lowest BCUT2D eigenvalue weighted by Crippen LogP contribution is -2.51. The minimum absolute atomic E-state index is 0.0861. The maximum absolute atomic E-state index is 12.6. The topological polar surface area (TPSA) is 45.2 Å². The molecule has 2 saturated heterocycles. The van der Waals surface area contributed by atoms with E-state index < -0.39 is 0 Å². The number of carbonyl (C=O) groups excluding carboxylic acids is 1. The number of fused-ring (bicyclic) bond motifs is 4. The SMILES string of the molecule is O=C(N[C@H]1C2CCN(C2)C12CC2)c1cc2cccnc2s1. The molecule has 5 heteroatoms. The Balaban J connectivity index is 1.42. The predicted molar refractivity (Wildman–Crippen MR) is 82.5 cm³/mol. The third-order valence-electron chi connectivity index (χ3n) is 5.47. The van der Waals surface area contributed by atoms with Gasteiger partial charge in [0.2, 0.25) is 0 Å². The largest absolute Gasteiger partial charge is 0.346 e. The molecule has 3 atom stereocenters. The Morgan fingerprint density at radius 2 is 2.38 bits per heavy atom. The van der Waals surface area contributed by atoms with Crippen molar-refractivity contribution in [1.29, 1.82) is 0 Å². The van der Waals surface area contributed by atoms with Crippen molar-refractivity contribution < 1.29 is 4.79 Å². The van der Waals surface area contributed by atoms with Crippen molar-refractivity contribution in [1.82, 2.24) is 15.2 Å². The minimum atomic E-state index is 0.0861. The summed E-state index contributed by atoms with van der Waals surface area (Å²) in [6.45, 7) is 2.41. The van der Waals surface area contributed by atoms with Crippen LogP contribution in [0.15, 0.2) is 24.4 Å². The first-order chi connectivity index (χ1) is 10.3. The van der Waals surface area contributed by atoms with Crippen LogP contribution in [0, 0.1) is 5.92 Å². The molecular formula is C16H17N3OS. The maximum atomic E-state index is 12.6. The zero-order valence-electron chi connectivity index (χ0n) is 11.7. The third kappa shape index (κ3) is 1.64. The molecule has 2 aliphatic heterocycles. The molecule has 3 fully saturated rings. The average Bonchev–Trinajstić information content (AvgIpc) is 2.90. The summed E-state index contributed by atoms with van der Waals surface area (Å²) in [6.07, 6.45) is 5.52. The summed E-state index contributed by atoms with van der Waals surface area (Å²) in [5.41, 5.74) is 0.313. The van der Waals surface area contributed by atoms with Crippen LogP contribution in [-0.4, -0.2) is 40.5 Å². The molecule has 5 rings (SSSR count). The monoisotopic (exact) mass is 299 g/mol. The first kappa shape index (κ1) is 12.1. The molecule has 2 aromatic heterocycles. The highest BCUT2D eigenvalue weighted by molar-refractivity contribution is 7.20. The van der Waals surface area contributed by atoms with Gasteiger partial charge in [-0.3, -0.25) is 9.69 Å². The van der Waals surface area contributed by atoms with Crippen LogP contribution in [-0.2, 0) is 0 Å². The van der Waals surface area contributed by atoms with Gasteiger partial charge < -0.3 is 5.32 Å². The molecule has 3 aliphatic rings. The average molecular weight is 299 g/mol. The van der Waals surface area contributed by atoms with Crippen LogP contribution < -0.4 is 5.32 Å². The fraction of sp³-hybridized carbons (Fsp3) is 0.500. The zero-order valence-corrected chi connectivity index (χ0v) is 12.5. The summed E-state index contributed by atoms with van der Waals surface area (Å²) in [5, 5.41) is 4.40. The summed E-state index contributed by atoms with van der Waals surface area (Å²) in [5.74, 6) is 0.743. The lowest BCUT2D eigenvalue weighted by atomic mass is 9.92. The minimum Gasteiger partial charge on any atom is -0.346 e. The van der Waals surface area contributed by atoms with Gasteiger partial charge in [-0.05, 0) is 43.9 Å². The summed E-state index contributed by atoms with van der Waals surface area (Å²) in [7, 11) is 0. The summed E-state index contributed by atoms with van der Waals surface area (Å²) in [6, 6.07) is 6.26. The van der Waals surface area contributed by atoms with Gasteiger partial charge in [0, 0.05) is 23.7 Å². The molecule has 1 spiro atoms. The number of rotatable bonds is 2. The van der Waals surface area contributed by atoms with Gasteiger partial charge in [0.25, 0.3) is 5.91 Å². The van der Waals surface area contributed by atoms with E-state index in [2.05, 4.69) is 15.2 Å². The smallest absolute Gasteiger partial charge is 0.261 e. The van der Waals surface area contributed by atoms with Gasteiger partial charge in [-0.15, -0.1) is 11.3 Å². The Kier molecular flexibility index (Phi) is 2.34. The van der Waals surface area contributed by atoms with E-state index in [1.807, 2.05) is 18.2 Å². The molecule has 1 N–H and O–H groups in total. The van der Waals surface area contributed by atoms with E-state index in [0.717, 1.165) is 15.1 Å². The number of hydrogen-bond acceptors (Lipinski definition) is 4. The van der Waals surface area contributed by atoms with Crippen molar-refractivity contribution >= 4 is 27.5 Å². The molecule has 2 aromatic rings. The Morgan fingerprint density at radius 3 is 3.19 bits per heavy atom. The number of nitrogens with zero attached hydrogens (tertiary/aromatic N) is 2. The van der Waals surface area contributed by atoms with Gasteiger partial charge in [-0.1, -0.05) is 6.07 Å². The number of nitrogens with one attached hydrogen (secondary N) is 1. The predicted octanol–water partition coefficient (Wildman–Crippen LogP) is 2.26. The second-order valence-electron chi connectivity index (χ2n) is 6.56. The fourth-order valence-electron chi connectivity index (χ4n) is 4.30. The first-order valence-electron chi connectivity index (χ1n) is 7.67. The van der Waals surface area contributed by atoms with Crippen LogP contribution >= 0.6 is 11.3 Å². The molecular weight excluding hydrogens is 282 g/mol. The van der Waals surface area contributed by atoms with Crippen LogP contribution in [0.5, 0.6) is 0 Å². The van der Waals surface area contributed by atoms with E-state index in [0.29, 0.717) is 17.5 Å². The van der Waals surface area contributed by atoms with Crippen LogP contribution in [0.2, 0.25) is 0 Å². The Morgan fingerprint density at radius 1 is 1.48 bits per heavy atom. The van der Waals surface area contributed by atoms with Gasteiger partial charge in [0.05, 0.1) is 10.9 Å². The van der Waals surface area contributed by atoms with Crippen molar-refractivity contribution in [3.8, 4) is 0 Å². The van der Waals surface area contributed by atoms with Crippen molar-refractivity contribution in [2.75, 3.05) is 13.1 Å². The molecule has 21 heavy (non-hydrogen) atoms. The molecule has 1 aliphatic carbocycles.